The molecule has 0 saturated heterocycles. The van der Waals surface area contributed by atoms with Gasteiger partial charge in [0, 0.05) is 18.8 Å². The van der Waals surface area contributed by atoms with Gasteiger partial charge in [0.25, 0.3) is 0 Å². The highest BCUT2D eigenvalue weighted by atomic mass is 28.4. The van der Waals surface area contributed by atoms with Gasteiger partial charge >= 0.3 is 0 Å². The third-order valence-electron chi connectivity index (χ3n) is 11.6. The molecule has 3 fully saturated rings. The maximum atomic E-state index is 12.5. The second-order valence-corrected chi connectivity index (χ2v) is 19.3. The topological polar surface area (TPSA) is 26.3 Å². The normalized spacial score (nSPS) is 39.5. The number of carbonyl (C=O) groups is 1. The number of hydrogen-bond acceptors (Lipinski definition) is 2. The van der Waals surface area contributed by atoms with E-state index in [1.165, 1.54) is 42.4 Å². The number of rotatable bonds is 3. The summed E-state index contributed by atoms with van der Waals surface area (Å²) >= 11 is 0. The van der Waals surface area contributed by atoms with Crippen LogP contribution in [0.15, 0.2) is 35.9 Å². The van der Waals surface area contributed by atoms with E-state index in [1.54, 1.807) is 0 Å². The van der Waals surface area contributed by atoms with E-state index in [0.29, 0.717) is 42.0 Å². The van der Waals surface area contributed by atoms with Gasteiger partial charge in [-0.05, 0) is 91.3 Å². The molecule has 0 amide bonds. The minimum Gasteiger partial charge on any atom is -0.413 e. The van der Waals surface area contributed by atoms with Crippen LogP contribution in [0.2, 0.25) is 18.1 Å². The van der Waals surface area contributed by atoms with Crippen LogP contribution in [0.25, 0.3) is 0 Å². The number of Topliss-reactive ketones (excluding diaryl/α,β-unsaturated/α-hetero) is 1. The Balaban J connectivity index is 1.55. The molecule has 0 spiro atoms. The van der Waals surface area contributed by atoms with E-state index in [-0.39, 0.29) is 15.9 Å². The van der Waals surface area contributed by atoms with Crippen molar-refractivity contribution in [3.63, 3.8) is 0 Å². The number of aryl methyl sites for hydroxylation is 1. The van der Waals surface area contributed by atoms with Crippen LogP contribution in [-0.4, -0.2) is 20.2 Å². The van der Waals surface area contributed by atoms with Gasteiger partial charge in [-0.1, -0.05) is 76.1 Å². The van der Waals surface area contributed by atoms with Crippen LogP contribution < -0.4 is 0 Å². The largest absolute Gasteiger partial charge is 0.413 e. The van der Waals surface area contributed by atoms with E-state index in [9.17, 15) is 4.79 Å². The molecule has 192 valence electrons. The molecule has 5 rings (SSSR count). The van der Waals surface area contributed by atoms with Crippen LogP contribution in [0.5, 0.6) is 0 Å². The molecule has 0 N–H and O–H groups in total. The smallest absolute Gasteiger partial charge is 0.192 e. The number of allylic oxidation sites excluding steroid dienone is 2. The Kier molecular flexibility index (Phi) is 6.12. The first-order chi connectivity index (χ1) is 16.3. The number of carbonyl (C=O) groups excluding carboxylic acids is 1. The standard InChI is InChI=1S/C32H48O2Si/c1-21-9-11-22(12-10-21)25-20-23-19-24(33)15-17-31(23,5)27-16-18-32(6)26(29(25)27)13-14-28(32)34-35(7,8)30(2,3)4/h9-12,20,25-29H,13-19H2,1-8H3/t25-,26+,27+,28+,29+,31+,32+/m1/s1. The fourth-order valence-electron chi connectivity index (χ4n) is 8.29. The van der Waals surface area contributed by atoms with Gasteiger partial charge in [-0.2, -0.15) is 0 Å². The number of hydrogen-bond donors (Lipinski definition) is 0. The van der Waals surface area contributed by atoms with Gasteiger partial charge < -0.3 is 4.43 Å². The Morgan fingerprint density at radius 3 is 2.31 bits per heavy atom. The highest BCUT2D eigenvalue weighted by Crippen LogP contribution is 2.68. The fraction of sp³-hybridized carbons (Fsp3) is 0.719. The molecule has 35 heavy (non-hydrogen) atoms. The summed E-state index contributed by atoms with van der Waals surface area (Å²) in [6, 6.07) is 9.29. The predicted octanol–water partition coefficient (Wildman–Crippen LogP) is 8.61. The minimum atomic E-state index is -1.82. The van der Waals surface area contributed by atoms with Gasteiger partial charge in [0.05, 0.1) is 6.10 Å². The molecule has 3 heteroatoms. The lowest BCUT2D eigenvalue weighted by atomic mass is 9.45. The SMILES string of the molecule is Cc1ccc([C@H]2C=C3CC(=O)CC[C@]3(C)[C@H]3CC[C@]4(C)[C@@H](O[Si](C)(C)C(C)(C)C)CC[C@H]4[C@H]23)cc1. The van der Waals surface area contributed by atoms with Crippen molar-refractivity contribution >= 4 is 14.1 Å². The van der Waals surface area contributed by atoms with Crippen molar-refractivity contribution in [2.24, 2.45) is 28.6 Å². The lowest BCUT2D eigenvalue weighted by Crippen LogP contribution is -2.55. The quantitative estimate of drug-likeness (QED) is 0.312. The van der Waals surface area contributed by atoms with Gasteiger partial charge in [-0.3, -0.25) is 4.79 Å². The molecule has 0 heterocycles. The summed E-state index contributed by atoms with van der Waals surface area (Å²) in [5, 5.41) is 0.244. The van der Waals surface area contributed by atoms with E-state index >= 15 is 0 Å². The highest BCUT2D eigenvalue weighted by Gasteiger charge is 2.62. The van der Waals surface area contributed by atoms with Crippen molar-refractivity contribution < 1.29 is 9.22 Å². The van der Waals surface area contributed by atoms with Gasteiger partial charge in [0.1, 0.15) is 5.78 Å². The third kappa shape index (κ3) is 4.04. The molecule has 3 saturated carbocycles. The molecule has 1 aromatic carbocycles. The second-order valence-electron chi connectivity index (χ2n) is 14.5. The molecule has 0 unspecified atom stereocenters. The van der Waals surface area contributed by atoms with Gasteiger partial charge in [-0.25, -0.2) is 0 Å². The minimum absolute atomic E-state index is 0.194. The average Bonchev–Trinajstić information content (AvgIpc) is 3.09. The van der Waals surface area contributed by atoms with E-state index in [4.69, 9.17) is 4.43 Å². The van der Waals surface area contributed by atoms with Crippen LogP contribution in [0.1, 0.15) is 96.6 Å². The van der Waals surface area contributed by atoms with E-state index < -0.39 is 8.32 Å². The van der Waals surface area contributed by atoms with Crippen LogP contribution >= 0.6 is 0 Å². The van der Waals surface area contributed by atoms with Crippen LogP contribution in [-0.2, 0) is 9.22 Å². The first-order valence-corrected chi connectivity index (χ1v) is 17.1. The summed E-state index contributed by atoms with van der Waals surface area (Å²) in [6.45, 7) is 19.2. The summed E-state index contributed by atoms with van der Waals surface area (Å²) < 4.78 is 7.20. The monoisotopic (exact) mass is 492 g/mol. The van der Waals surface area contributed by atoms with Crippen molar-refractivity contribution in [2.45, 2.75) is 117 Å². The van der Waals surface area contributed by atoms with Gasteiger partial charge in [0.15, 0.2) is 8.32 Å². The fourth-order valence-corrected chi connectivity index (χ4v) is 9.74. The van der Waals surface area contributed by atoms with E-state index in [0.717, 1.165) is 12.8 Å². The molecule has 4 aliphatic carbocycles. The Morgan fingerprint density at radius 2 is 1.66 bits per heavy atom. The van der Waals surface area contributed by atoms with Crippen molar-refractivity contribution in [1.82, 2.24) is 0 Å². The number of benzene rings is 1. The van der Waals surface area contributed by atoms with Crippen LogP contribution in [0, 0.1) is 35.5 Å². The second kappa shape index (κ2) is 8.41. The molecule has 1 aromatic rings. The van der Waals surface area contributed by atoms with Gasteiger partial charge in [-0.15, -0.1) is 0 Å². The van der Waals surface area contributed by atoms with Crippen molar-refractivity contribution in [3.05, 3.63) is 47.0 Å². The van der Waals surface area contributed by atoms with Crippen LogP contribution in [0.4, 0.5) is 0 Å². The summed E-state index contributed by atoms with van der Waals surface area (Å²) in [7, 11) is -1.82. The molecule has 2 nitrogen and oxygen atoms in total. The Morgan fingerprint density at radius 1 is 0.971 bits per heavy atom. The van der Waals surface area contributed by atoms with Crippen LogP contribution in [0.3, 0.4) is 0 Å². The van der Waals surface area contributed by atoms with E-state index in [1.807, 2.05) is 0 Å². The molecule has 4 aliphatic rings. The number of fused-ring (bicyclic) bond motifs is 5. The average molecular weight is 493 g/mol. The first-order valence-electron chi connectivity index (χ1n) is 14.2. The Labute approximate surface area is 215 Å². The van der Waals surface area contributed by atoms with Crippen molar-refractivity contribution in [1.29, 1.82) is 0 Å². The van der Waals surface area contributed by atoms with Crippen molar-refractivity contribution in [2.75, 3.05) is 0 Å². The zero-order chi connectivity index (χ0) is 25.4. The number of ketones is 1. The molecule has 0 aromatic heterocycles. The maximum absolute atomic E-state index is 12.5. The highest BCUT2D eigenvalue weighted by molar-refractivity contribution is 6.74. The summed E-state index contributed by atoms with van der Waals surface area (Å²) in [5.41, 5.74) is 4.68. The first kappa shape index (κ1) is 25.5. The summed E-state index contributed by atoms with van der Waals surface area (Å²) in [6.07, 6.45) is 10.5. The molecule has 0 aliphatic heterocycles. The van der Waals surface area contributed by atoms with Crippen molar-refractivity contribution in [3.8, 4) is 0 Å². The molecule has 0 bridgehead atoms. The Bertz CT molecular complexity index is 1010. The molecule has 7 atom stereocenters. The van der Waals surface area contributed by atoms with Gasteiger partial charge in [0.2, 0.25) is 0 Å². The Hall–Kier alpha value is -1.19. The lowest BCUT2D eigenvalue weighted by molar-refractivity contribution is -0.123. The lowest BCUT2D eigenvalue weighted by Gasteiger charge is -2.60. The van der Waals surface area contributed by atoms with E-state index in [2.05, 4.69) is 85.0 Å². The maximum Gasteiger partial charge on any atom is 0.192 e. The zero-order valence-electron chi connectivity index (χ0n) is 23.5. The molecule has 0 radical (unpaired) electrons. The predicted molar refractivity (Wildman–Crippen MR) is 148 cm³/mol. The molecular weight excluding hydrogens is 444 g/mol. The zero-order valence-corrected chi connectivity index (χ0v) is 24.5. The summed E-state index contributed by atoms with van der Waals surface area (Å²) in [4.78, 5) is 12.5. The molecular formula is C32H48O2Si. The third-order valence-corrected chi connectivity index (χ3v) is 16.1. The summed E-state index contributed by atoms with van der Waals surface area (Å²) in [5.74, 6) is 2.87.